The predicted octanol–water partition coefficient (Wildman–Crippen LogP) is 16.6. The predicted molar refractivity (Wildman–Crippen MR) is 250 cm³/mol. The van der Waals surface area contributed by atoms with Crippen LogP contribution in [0.15, 0.2) is 146 Å². The summed E-state index contributed by atoms with van der Waals surface area (Å²) in [5.74, 6) is 0. The molecule has 0 aliphatic rings. The standard InChI is InChI=1S/C41H37.C5H5.2C4H9.CH2.Zr/c1-40(2,3)38-24-34-28(22-36(38)32-19-11-15-26-13-7-9-17-30(26)32)21-29-23-37(39(25-35(29)34)41(4,5)6)33-20-12-16-27-14-8-10-18-31(27)33;1-2-4-5-3-1;2*1-3-4-2;;/h7-25H,1-6H3;1-5H;2*1,3-4H2,2H3;1H2;/q4*-1;;. The molecule has 8 aromatic rings. The van der Waals surface area contributed by atoms with Crippen LogP contribution >= 0.6 is 0 Å². The van der Waals surface area contributed by atoms with Crippen LogP contribution in [0.4, 0.5) is 0 Å². The summed E-state index contributed by atoms with van der Waals surface area (Å²) < 4.78 is 3.34. The zero-order chi connectivity index (χ0) is 40.9. The average molecular weight is 814 g/mol. The van der Waals surface area contributed by atoms with Gasteiger partial charge in [0, 0.05) is 0 Å². The third kappa shape index (κ3) is 10.8. The topological polar surface area (TPSA) is 0 Å². The molecule has 0 nitrogen and oxygen atoms in total. The number of hydrogen-bond donors (Lipinski definition) is 0. The molecule has 0 spiro atoms. The Kier molecular flexibility index (Phi) is 16.6. The molecule has 0 aliphatic carbocycles. The second-order valence-electron chi connectivity index (χ2n) is 16.3. The van der Waals surface area contributed by atoms with E-state index in [0.717, 1.165) is 12.8 Å². The summed E-state index contributed by atoms with van der Waals surface area (Å²) in [7, 11) is 0. The smallest absolute Gasteiger partial charge is 0.172 e. The molecular weight excluding hydrogens is 752 g/mol. The molecule has 1 heteroatoms. The molecule has 0 heterocycles. The SMILES string of the molecule is CC(C)(C)c1cc2c(cc1-c1cccc3ccccc13)[cH-]c1cc(-c3cccc4ccccc34)c(C(C)(C)C)cc12.[CH2-]CCC.[CH2-]CCC.[CH2]=[Zr].c1cc[cH-]c1. The van der Waals surface area contributed by atoms with E-state index in [1.807, 2.05) is 30.3 Å². The summed E-state index contributed by atoms with van der Waals surface area (Å²) in [5, 5.41) is 10.5. The molecule has 0 fully saturated rings. The van der Waals surface area contributed by atoms with Crippen LogP contribution < -0.4 is 0 Å². The number of hydrogen-bond acceptors (Lipinski definition) is 0. The van der Waals surface area contributed by atoms with Gasteiger partial charge in [-0.15, -0.1) is 39.7 Å². The minimum Gasteiger partial charge on any atom is -0.214 e. The molecule has 56 heavy (non-hydrogen) atoms. The van der Waals surface area contributed by atoms with Gasteiger partial charge in [0.05, 0.1) is 0 Å². The van der Waals surface area contributed by atoms with Gasteiger partial charge in [-0.3, -0.25) is 0 Å². The Hall–Kier alpha value is -4.19. The third-order valence-corrected chi connectivity index (χ3v) is 10.0. The van der Waals surface area contributed by atoms with Gasteiger partial charge in [-0.1, -0.05) is 165 Å². The number of unbranched alkanes of at least 4 members (excludes halogenated alkanes) is 2. The molecule has 290 valence electrons. The number of benzene rings is 6. The van der Waals surface area contributed by atoms with Gasteiger partial charge in [0.1, 0.15) is 0 Å². The molecule has 0 saturated carbocycles. The molecule has 0 aromatic heterocycles. The van der Waals surface area contributed by atoms with Gasteiger partial charge in [0.25, 0.3) is 0 Å². The fraction of sp³-hybridized carbons (Fsp3) is 0.255. The molecule has 0 bridgehead atoms. The van der Waals surface area contributed by atoms with Crippen molar-refractivity contribution in [2.45, 2.75) is 91.9 Å². The number of fused-ring (bicyclic) bond motifs is 5. The Balaban J connectivity index is 0.000000397. The summed E-state index contributed by atoms with van der Waals surface area (Å²) >= 11 is 1.30. The minimum absolute atomic E-state index is 0.000185. The van der Waals surface area contributed by atoms with Crippen LogP contribution in [0.5, 0.6) is 0 Å². The molecule has 0 N–H and O–H groups in total. The van der Waals surface area contributed by atoms with Gasteiger partial charge in [0.15, 0.2) is 0 Å². The van der Waals surface area contributed by atoms with Crippen LogP contribution in [-0.2, 0) is 35.1 Å². The number of rotatable bonds is 4. The Morgan fingerprint density at radius 2 is 0.839 bits per heavy atom. The summed E-state index contributed by atoms with van der Waals surface area (Å²) in [6.07, 6.45) is 4.56. The van der Waals surface area contributed by atoms with Crippen molar-refractivity contribution in [1.29, 1.82) is 0 Å². The molecule has 0 unspecified atom stereocenters. The maximum absolute atomic E-state index is 3.60. The van der Waals surface area contributed by atoms with E-state index in [-0.39, 0.29) is 10.8 Å². The molecule has 0 amide bonds. The van der Waals surface area contributed by atoms with E-state index in [4.69, 9.17) is 0 Å². The van der Waals surface area contributed by atoms with E-state index in [9.17, 15) is 0 Å². The fourth-order valence-corrected chi connectivity index (χ4v) is 7.03. The average Bonchev–Trinajstić information content (AvgIpc) is 3.92. The van der Waals surface area contributed by atoms with Gasteiger partial charge in [0.2, 0.25) is 0 Å². The molecule has 0 saturated heterocycles. The van der Waals surface area contributed by atoms with E-state index in [1.54, 1.807) is 0 Å². The van der Waals surface area contributed by atoms with Gasteiger partial charge < -0.3 is 13.8 Å². The van der Waals surface area contributed by atoms with Crippen LogP contribution in [0.25, 0.3) is 65.3 Å². The first-order valence-electron chi connectivity index (χ1n) is 20.2. The Morgan fingerprint density at radius 1 is 0.482 bits per heavy atom. The second kappa shape index (κ2) is 20.8. The third-order valence-electron chi connectivity index (χ3n) is 10.0. The van der Waals surface area contributed by atoms with Crippen molar-refractivity contribution >= 4 is 47.3 Å². The molecular formula is C55H62Zr-4. The largest absolute Gasteiger partial charge is 0.214 e. The molecule has 0 atom stereocenters. The van der Waals surface area contributed by atoms with Crippen LogP contribution in [-0.4, -0.2) is 4.21 Å². The maximum Gasteiger partial charge on any atom is -0.172 e. The van der Waals surface area contributed by atoms with Crippen molar-refractivity contribution in [3.8, 4) is 22.3 Å². The van der Waals surface area contributed by atoms with E-state index >= 15 is 0 Å². The van der Waals surface area contributed by atoms with Crippen molar-refractivity contribution < 1.29 is 24.2 Å². The van der Waals surface area contributed by atoms with Crippen molar-refractivity contribution in [2.75, 3.05) is 0 Å². The molecule has 0 aliphatic heterocycles. The van der Waals surface area contributed by atoms with E-state index in [0.29, 0.717) is 0 Å². The van der Waals surface area contributed by atoms with E-state index < -0.39 is 0 Å². The van der Waals surface area contributed by atoms with Crippen molar-refractivity contribution in [3.63, 3.8) is 0 Å². The minimum atomic E-state index is -0.000185. The Bertz CT molecular complexity index is 2220. The second-order valence-corrected chi connectivity index (χ2v) is 16.3. The Morgan fingerprint density at radius 3 is 1.16 bits per heavy atom. The van der Waals surface area contributed by atoms with E-state index in [1.165, 1.54) is 114 Å². The van der Waals surface area contributed by atoms with Gasteiger partial charge in [-0.2, -0.15) is 31.0 Å². The summed E-state index contributed by atoms with van der Waals surface area (Å²) in [4.78, 5) is 0. The van der Waals surface area contributed by atoms with E-state index in [2.05, 4.69) is 189 Å². The van der Waals surface area contributed by atoms with Crippen molar-refractivity contribution in [2.24, 2.45) is 0 Å². The first-order valence-corrected chi connectivity index (χ1v) is 22.0. The van der Waals surface area contributed by atoms with Gasteiger partial charge >= 0.3 is 28.4 Å². The Labute approximate surface area is 354 Å². The van der Waals surface area contributed by atoms with Gasteiger partial charge in [-0.05, 0) is 65.8 Å². The zero-order valence-corrected chi connectivity index (χ0v) is 37.8. The van der Waals surface area contributed by atoms with Gasteiger partial charge in [-0.25, -0.2) is 12.1 Å². The molecule has 0 radical (unpaired) electrons. The van der Waals surface area contributed by atoms with Crippen molar-refractivity contribution in [3.05, 3.63) is 171 Å². The normalized spacial score (nSPS) is 11.1. The van der Waals surface area contributed by atoms with Crippen molar-refractivity contribution in [1.82, 2.24) is 0 Å². The molecule has 8 aromatic carbocycles. The summed E-state index contributed by atoms with van der Waals surface area (Å²) in [6, 6.07) is 53.2. The fourth-order valence-electron chi connectivity index (χ4n) is 7.03. The van der Waals surface area contributed by atoms with Crippen LogP contribution in [0, 0.1) is 13.8 Å². The summed E-state index contributed by atoms with van der Waals surface area (Å²) in [6.45, 7) is 25.5. The van der Waals surface area contributed by atoms with Crippen LogP contribution in [0.1, 0.15) is 92.2 Å². The zero-order valence-electron chi connectivity index (χ0n) is 35.3. The van der Waals surface area contributed by atoms with Crippen LogP contribution in [0.3, 0.4) is 0 Å². The monoisotopic (exact) mass is 812 g/mol. The molecule has 8 rings (SSSR count). The first kappa shape index (κ1) is 44.5. The quantitative estimate of drug-likeness (QED) is 0.155. The summed E-state index contributed by atoms with van der Waals surface area (Å²) in [5.41, 5.74) is 8.08. The maximum atomic E-state index is 3.60. The van der Waals surface area contributed by atoms with Crippen LogP contribution in [0.2, 0.25) is 0 Å². The first-order chi connectivity index (χ1) is 26.9.